The van der Waals surface area contributed by atoms with Crippen molar-refractivity contribution < 1.29 is 46.1 Å². The van der Waals surface area contributed by atoms with Gasteiger partial charge in [0.05, 0.1) is 16.3 Å². The van der Waals surface area contributed by atoms with E-state index in [1.54, 1.807) is 6.07 Å². The van der Waals surface area contributed by atoms with E-state index in [1.807, 2.05) is 4.90 Å². The zero-order valence-electron chi connectivity index (χ0n) is 23.5. The molecule has 0 aliphatic carbocycles. The van der Waals surface area contributed by atoms with Crippen LogP contribution in [-0.2, 0) is 17.1 Å². The number of carbonyl (C=O) groups is 2. The van der Waals surface area contributed by atoms with Gasteiger partial charge in [-0.2, -0.15) is 26.3 Å². The molecule has 2 aliphatic rings. The molecule has 242 valence electrons. The second-order valence-corrected chi connectivity index (χ2v) is 11.9. The Morgan fingerprint density at radius 3 is 2.17 bits per heavy atom. The van der Waals surface area contributed by atoms with Gasteiger partial charge in [-0.3, -0.25) is 14.6 Å². The summed E-state index contributed by atoms with van der Waals surface area (Å²) in [6.07, 6.45) is -8.85. The van der Waals surface area contributed by atoms with Gasteiger partial charge in [-0.1, -0.05) is 30.0 Å². The summed E-state index contributed by atoms with van der Waals surface area (Å²) in [5, 5.41) is 19.1. The number of pyridine rings is 2. The summed E-state index contributed by atoms with van der Waals surface area (Å²) in [6, 6.07) is 9.47. The van der Waals surface area contributed by atoms with Crippen LogP contribution in [0.25, 0.3) is 17.3 Å². The van der Waals surface area contributed by atoms with E-state index in [0.29, 0.717) is 54.9 Å². The van der Waals surface area contributed by atoms with Crippen LogP contribution in [0.3, 0.4) is 0 Å². The Morgan fingerprint density at radius 2 is 1.59 bits per heavy atom. The van der Waals surface area contributed by atoms with E-state index in [1.165, 1.54) is 41.3 Å². The highest BCUT2D eigenvalue weighted by atomic mass is 32.2. The number of anilines is 1. The third-order valence-corrected chi connectivity index (χ3v) is 8.59. The van der Waals surface area contributed by atoms with Crippen LogP contribution in [0, 0.1) is 0 Å². The third kappa shape index (κ3) is 7.42. The molecule has 2 saturated heterocycles. The van der Waals surface area contributed by atoms with Gasteiger partial charge in [0.2, 0.25) is 0 Å². The second kappa shape index (κ2) is 12.9. The lowest BCUT2D eigenvalue weighted by Crippen LogP contribution is -2.48. The van der Waals surface area contributed by atoms with Crippen LogP contribution in [0.2, 0.25) is 0 Å². The van der Waals surface area contributed by atoms with E-state index >= 15 is 0 Å². The van der Waals surface area contributed by atoms with Gasteiger partial charge in [0.15, 0.2) is 0 Å². The molecule has 5 rings (SSSR count). The van der Waals surface area contributed by atoms with Gasteiger partial charge in [0, 0.05) is 56.6 Å². The number of aromatic hydroxyl groups is 1. The van der Waals surface area contributed by atoms with Crippen LogP contribution < -0.4 is 4.90 Å². The Hall–Kier alpha value is -4.22. The smallest absolute Gasteiger partial charge is 0.433 e. The number of carbonyl (C=O) groups excluding carboxylic acids is 1. The lowest BCUT2D eigenvalue weighted by atomic mass is 10.1. The minimum Gasteiger partial charge on any atom is -0.507 e. The molecule has 0 saturated carbocycles. The second-order valence-electron chi connectivity index (χ2n) is 10.2. The highest BCUT2D eigenvalue weighted by molar-refractivity contribution is 8.26. The van der Waals surface area contributed by atoms with E-state index in [9.17, 15) is 41.0 Å². The third-order valence-electron chi connectivity index (χ3n) is 7.21. The largest absolute Gasteiger partial charge is 0.507 e. The maximum absolute atomic E-state index is 13.3. The van der Waals surface area contributed by atoms with Crippen LogP contribution in [0.5, 0.6) is 5.75 Å². The van der Waals surface area contributed by atoms with Crippen molar-refractivity contribution in [2.24, 2.45) is 0 Å². The van der Waals surface area contributed by atoms with E-state index in [2.05, 4.69) is 14.9 Å². The summed E-state index contributed by atoms with van der Waals surface area (Å²) in [4.78, 5) is 37.0. The van der Waals surface area contributed by atoms with Gasteiger partial charge in [-0.05, 0) is 42.5 Å². The number of rotatable bonds is 7. The average Bonchev–Trinajstić information content (AvgIpc) is 3.26. The van der Waals surface area contributed by atoms with Crippen LogP contribution in [0.4, 0.5) is 32.0 Å². The predicted octanol–water partition coefficient (Wildman–Crippen LogP) is 5.61. The molecule has 0 bridgehead atoms. The number of hydrogen-bond acceptors (Lipinski definition) is 9. The lowest BCUT2D eigenvalue weighted by Gasteiger charge is -2.36. The Morgan fingerprint density at radius 1 is 0.935 bits per heavy atom. The number of nitrogens with zero attached hydrogens (tertiary/aromatic N) is 5. The maximum Gasteiger partial charge on any atom is 0.433 e. The Kier molecular flexibility index (Phi) is 9.28. The fourth-order valence-corrected chi connectivity index (χ4v) is 6.15. The van der Waals surface area contributed by atoms with Crippen molar-refractivity contribution >= 4 is 51.9 Å². The monoisotopic (exact) mass is 683 g/mol. The van der Waals surface area contributed by atoms with Crippen LogP contribution >= 0.6 is 24.0 Å². The number of carboxylic acids is 1. The summed E-state index contributed by atoms with van der Waals surface area (Å²) >= 11 is 6.40. The molecular weight excluding hydrogens is 660 g/mol. The minimum absolute atomic E-state index is 0.135. The molecular formula is C29H23F6N5O4S2. The van der Waals surface area contributed by atoms with Gasteiger partial charge < -0.3 is 15.1 Å². The Balaban J connectivity index is 1.23. The van der Waals surface area contributed by atoms with Crippen molar-refractivity contribution in [2.75, 3.05) is 44.2 Å². The van der Waals surface area contributed by atoms with E-state index in [-0.39, 0.29) is 34.2 Å². The fraction of sp³-hybridized carbons (Fsp3) is 0.276. The fourth-order valence-electron chi connectivity index (χ4n) is 4.86. The Bertz CT molecular complexity index is 1690. The number of aromatic carboxylic acids is 1. The number of aromatic nitrogens is 2. The molecule has 2 aliphatic heterocycles. The number of hydrogen-bond donors (Lipinski definition) is 2. The van der Waals surface area contributed by atoms with Crippen molar-refractivity contribution in [1.29, 1.82) is 0 Å². The molecule has 46 heavy (non-hydrogen) atoms. The number of halogens is 6. The molecule has 3 aromatic rings. The number of piperazine rings is 1. The number of carboxylic acid groups (broad SMARTS) is 1. The molecule has 0 unspecified atom stereocenters. The van der Waals surface area contributed by atoms with E-state index < -0.39 is 41.2 Å². The molecule has 2 fully saturated rings. The Labute approximate surface area is 267 Å². The summed E-state index contributed by atoms with van der Waals surface area (Å²) in [5.74, 6) is -1.95. The van der Waals surface area contributed by atoms with Gasteiger partial charge in [0.1, 0.15) is 27.0 Å². The number of thiocarbonyl (C=S) groups is 1. The van der Waals surface area contributed by atoms with E-state index in [4.69, 9.17) is 17.3 Å². The van der Waals surface area contributed by atoms with Crippen LogP contribution in [0.15, 0.2) is 53.4 Å². The molecule has 17 heteroatoms. The first kappa shape index (κ1) is 33.2. The molecule has 1 aromatic carbocycles. The molecule has 9 nitrogen and oxygen atoms in total. The molecule has 2 aromatic heterocycles. The zero-order chi connectivity index (χ0) is 33.4. The highest BCUT2D eigenvalue weighted by Crippen LogP contribution is 2.37. The topological polar surface area (TPSA) is 110 Å². The number of benzene rings is 1. The van der Waals surface area contributed by atoms with Crippen LogP contribution in [-0.4, -0.2) is 85.4 Å². The number of amides is 1. The summed E-state index contributed by atoms with van der Waals surface area (Å²) in [5.41, 5.74) is -3.39. The summed E-state index contributed by atoms with van der Waals surface area (Å²) < 4.78 is 80.0. The molecule has 0 radical (unpaired) electrons. The van der Waals surface area contributed by atoms with Crippen molar-refractivity contribution in [3.63, 3.8) is 0 Å². The highest BCUT2D eigenvalue weighted by Gasteiger charge is 2.39. The first-order chi connectivity index (χ1) is 21.6. The summed E-state index contributed by atoms with van der Waals surface area (Å²) in [6.45, 7) is 3.22. The van der Waals surface area contributed by atoms with Gasteiger partial charge in [0.25, 0.3) is 5.91 Å². The van der Waals surface area contributed by atoms with E-state index in [0.717, 1.165) is 11.8 Å². The number of alkyl halides is 6. The quantitative estimate of drug-likeness (QED) is 0.185. The van der Waals surface area contributed by atoms with Gasteiger partial charge in [-0.15, -0.1) is 0 Å². The first-order valence-corrected chi connectivity index (χ1v) is 14.8. The van der Waals surface area contributed by atoms with Crippen molar-refractivity contribution in [3.05, 3.63) is 76.1 Å². The average molecular weight is 684 g/mol. The SMILES string of the molecule is O=C(O)c1ccc(N2CCN(CCN3C(=O)/C(=C/c4cccc(-c5cc(C(F)(F)F)nc(C(F)(F)F)c5)n4)SC3=S)CC2)cc1O. The molecule has 0 spiro atoms. The van der Waals surface area contributed by atoms with Gasteiger partial charge in [-0.25, -0.2) is 14.8 Å². The zero-order valence-corrected chi connectivity index (χ0v) is 25.1. The lowest BCUT2D eigenvalue weighted by molar-refractivity contribution is -0.150. The predicted molar refractivity (Wildman–Crippen MR) is 161 cm³/mol. The standard InChI is InChI=1S/C29H23F6N5O4S2/c30-28(31,32)23-12-16(13-24(37-23)29(33,34)35)20-3-1-2-17(36-20)14-22-25(42)40(27(45)46-22)11-8-38-6-9-39(10-7-38)18-4-5-19(26(43)44)21(41)15-18/h1-5,12-15,41H,6-11H2,(H,43,44)/b22-14-. The minimum atomic E-state index is -5.12. The van der Waals surface area contributed by atoms with Crippen molar-refractivity contribution in [2.45, 2.75) is 12.4 Å². The number of thioether (sulfide) groups is 1. The molecule has 1 amide bonds. The van der Waals surface area contributed by atoms with Crippen molar-refractivity contribution in [3.8, 4) is 17.0 Å². The normalized spacial score (nSPS) is 17.3. The molecule has 2 N–H and O–H groups in total. The van der Waals surface area contributed by atoms with Crippen LogP contribution in [0.1, 0.15) is 27.4 Å². The maximum atomic E-state index is 13.3. The summed E-state index contributed by atoms with van der Waals surface area (Å²) in [7, 11) is 0. The first-order valence-electron chi connectivity index (χ1n) is 13.5. The van der Waals surface area contributed by atoms with Crippen molar-refractivity contribution in [1.82, 2.24) is 19.8 Å². The molecule has 4 heterocycles. The molecule has 0 atom stereocenters. The van der Waals surface area contributed by atoms with Gasteiger partial charge >= 0.3 is 18.3 Å². The number of phenols is 1.